The second kappa shape index (κ2) is 5.74. The summed E-state index contributed by atoms with van der Waals surface area (Å²) in [6.45, 7) is 0.509. The van der Waals surface area contributed by atoms with Gasteiger partial charge in [0.25, 0.3) is 0 Å². The molecule has 0 aliphatic rings. The lowest BCUT2D eigenvalue weighted by atomic mass is 10.1. The summed E-state index contributed by atoms with van der Waals surface area (Å²) in [4.78, 5) is 4.00. The van der Waals surface area contributed by atoms with Crippen LogP contribution >= 0.6 is 0 Å². The van der Waals surface area contributed by atoms with E-state index in [-0.39, 0.29) is 0 Å². The summed E-state index contributed by atoms with van der Waals surface area (Å²) < 4.78 is 5.27. The highest BCUT2D eigenvalue weighted by molar-refractivity contribution is 5.56. The number of nitrogens with one attached hydrogen (secondary N) is 1. The summed E-state index contributed by atoms with van der Waals surface area (Å²) in [7, 11) is 1.61. The molecule has 1 aromatic heterocycles. The number of hydrogen-bond donors (Lipinski definition) is 2. The van der Waals surface area contributed by atoms with Gasteiger partial charge in [-0.3, -0.25) is 4.98 Å². The van der Waals surface area contributed by atoms with Gasteiger partial charge in [0.15, 0.2) is 0 Å². The average Bonchev–Trinajstić information content (AvgIpc) is 2.45. The zero-order valence-electron chi connectivity index (χ0n) is 10.6. The summed E-state index contributed by atoms with van der Waals surface area (Å²) in [6.07, 6.45) is 3.21. The van der Waals surface area contributed by atoms with E-state index in [2.05, 4.69) is 16.4 Å². The first kappa shape index (κ1) is 12.7. The van der Waals surface area contributed by atoms with Crippen molar-refractivity contribution in [2.24, 2.45) is 0 Å². The molecule has 0 radical (unpaired) electrons. The Morgan fingerprint density at radius 1 is 1.42 bits per heavy atom. The summed E-state index contributed by atoms with van der Waals surface area (Å²) in [5.74, 6) is 0.754. The monoisotopic (exact) mass is 254 g/mol. The molecule has 5 heteroatoms. The molecule has 0 aliphatic heterocycles. The normalized spacial score (nSPS) is 9.68. The molecule has 0 saturated heterocycles. The van der Waals surface area contributed by atoms with Crippen LogP contribution in [0.2, 0.25) is 0 Å². The number of nitriles is 1. The molecule has 96 valence electrons. The zero-order valence-corrected chi connectivity index (χ0v) is 10.6. The Morgan fingerprint density at radius 2 is 2.26 bits per heavy atom. The van der Waals surface area contributed by atoms with Crippen LogP contribution in [0.25, 0.3) is 0 Å². The topological polar surface area (TPSA) is 84.0 Å². The lowest BCUT2D eigenvalue weighted by Gasteiger charge is -2.11. The Hall–Kier alpha value is -2.74. The van der Waals surface area contributed by atoms with Crippen LogP contribution in [0.15, 0.2) is 36.7 Å². The third-order valence-corrected chi connectivity index (χ3v) is 2.72. The Balaban J connectivity index is 2.19. The van der Waals surface area contributed by atoms with Gasteiger partial charge in [0.1, 0.15) is 11.8 Å². The van der Waals surface area contributed by atoms with E-state index in [1.807, 2.05) is 12.1 Å². The van der Waals surface area contributed by atoms with Gasteiger partial charge in [-0.15, -0.1) is 0 Å². The predicted molar refractivity (Wildman–Crippen MR) is 73.7 cm³/mol. The van der Waals surface area contributed by atoms with Crippen LogP contribution in [-0.2, 0) is 6.54 Å². The van der Waals surface area contributed by atoms with E-state index in [4.69, 9.17) is 15.7 Å². The fourth-order valence-corrected chi connectivity index (χ4v) is 1.76. The van der Waals surface area contributed by atoms with Gasteiger partial charge in [0.2, 0.25) is 0 Å². The van der Waals surface area contributed by atoms with E-state index in [1.54, 1.807) is 31.6 Å². The molecule has 2 aromatic rings. The van der Waals surface area contributed by atoms with E-state index in [0.717, 1.165) is 11.3 Å². The third kappa shape index (κ3) is 2.93. The van der Waals surface area contributed by atoms with Gasteiger partial charge in [0, 0.05) is 24.0 Å². The van der Waals surface area contributed by atoms with Crippen LogP contribution < -0.4 is 15.8 Å². The number of rotatable bonds is 4. The fraction of sp³-hybridized carbons (Fsp3) is 0.143. The number of ether oxygens (including phenoxy) is 1. The maximum Gasteiger partial charge on any atom is 0.123 e. The van der Waals surface area contributed by atoms with Gasteiger partial charge in [-0.25, -0.2) is 0 Å². The van der Waals surface area contributed by atoms with Crippen molar-refractivity contribution in [2.75, 3.05) is 18.2 Å². The Bertz CT molecular complexity index is 619. The lowest BCUT2D eigenvalue weighted by Crippen LogP contribution is -2.04. The highest BCUT2D eigenvalue weighted by atomic mass is 16.5. The largest absolute Gasteiger partial charge is 0.496 e. The first-order valence-electron chi connectivity index (χ1n) is 5.75. The van der Waals surface area contributed by atoms with E-state index in [9.17, 15) is 0 Å². The van der Waals surface area contributed by atoms with Crippen molar-refractivity contribution in [2.45, 2.75) is 6.54 Å². The van der Waals surface area contributed by atoms with Crippen molar-refractivity contribution in [1.29, 1.82) is 5.26 Å². The number of nitrogens with two attached hydrogens (primary N) is 1. The maximum atomic E-state index is 9.00. The fourth-order valence-electron chi connectivity index (χ4n) is 1.76. The van der Waals surface area contributed by atoms with Gasteiger partial charge in [-0.1, -0.05) is 0 Å². The number of aromatic nitrogens is 1. The number of pyridine rings is 1. The molecule has 0 atom stereocenters. The molecular weight excluding hydrogens is 240 g/mol. The van der Waals surface area contributed by atoms with E-state index >= 15 is 0 Å². The molecule has 0 unspecified atom stereocenters. The van der Waals surface area contributed by atoms with Gasteiger partial charge in [-0.05, 0) is 24.3 Å². The van der Waals surface area contributed by atoms with Gasteiger partial charge < -0.3 is 15.8 Å². The zero-order chi connectivity index (χ0) is 13.7. The summed E-state index contributed by atoms with van der Waals surface area (Å²) >= 11 is 0. The van der Waals surface area contributed by atoms with Gasteiger partial charge in [-0.2, -0.15) is 5.26 Å². The number of benzene rings is 1. The first-order chi connectivity index (χ1) is 9.24. The second-order valence-electron chi connectivity index (χ2n) is 3.96. The molecule has 3 N–H and O–H groups in total. The van der Waals surface area contributed by atoms with Crippen molar-refractivity contribution in [1.82, 2.24) is 4.98 Å². The first-order valence-corrected chi connectivity index (χ1v) is 5.75. The molecular formula is C14H14N4O. The third-order valence-electron chi connectivity index (χ3n) is 2.72. The highest BCUT2D eigenvalue weighted by Crippen LogP contribution is 2.22. The Labute approximate surface area is 111 Å². The van der Waals surface area contributed by atoms with Gasteiger partial charge >= 0.3 is 0 Å². The second-order valence-corrected chi connectivity index (χ2v) is 3.96. The van der Waals surface area contributed by atoms with Crippen molar-refractivity contribution in [3.8, 4) is 11.8 Å². The van der Waals surface area contributed by atoms with Crippen LogP contribution in [0.1, 0.15) is 11.1 Å². The average molecular weight is 254 g/mol. The smallest absolute Gasteiger partial charge is 0.123 e. The number of nitrogen functional groups attached to an aromatic ring is 1. The molecule has 0 saturated carbocycles. The molecule has 19 heavy (non-hydrogen) atoms. The number of anilines is 2. The Kier molecular flexibility index (Phi) is 3.84. The number of nitrogens with zero attached hydrogens (tertiary/aromatic N) is 2. The van der Waals surface area contributed by atoms with Crippen molar-refractivity contribution >= 4 is 11.4 Å². The summed E-state index contributed by atoms with van der Waals surface area (Å²) in [5.41, 5.74) is 8.60. The van der Waals surface area contributed by atoms with Crippen LogP contribution in [0.5, 0.6) is 5.75 Å². The van der Waals surface area contributed by atoms with Crippen molar-refractivity contribution in [3.05, 3.63) is 47.8 Å². The lowest BCUT2D eigenvalue weighted by molar-refractivity contribution is 0.410. The van der Waals surface area contributed by atoms with Crippen LogP contribution in [0, 0.1) is 11.3 Å². The standard InChI is InChI=1S/C14H14N4O/c1-19-14-3-2-12(16)6-11(14)8-18-13-9-17-5-4-10(13)7-15/h2-6,9,18H,8,16H2,1H3. The molecule has 0 bridgehead atoms. The molecule has 2 rings (SSSR count). The molecule has 0 amide bonds. The van der Waals surface area contributed by atoms with Gasteiger partial charge in [0.05, 0.1) is 24.6 Å². The molecule has 1 aromatic carbocycles. The Morgan fingerprint density at radius 3 is 3.00 bits per heavy atom. The van der Waals surface area contributed by atoms with Crippen molar-refractivity contribution < 1.29 is 4.74 Å². The molecule has 0 spiro atoms. The van der Waals surface area contributed by atoms with Crippen molar-refractivity contribution in [3.63, 3.8) is 0 Å². The maximum absolute atomic E-state index is 9.00. The van der Waals surface area contributed by atoms with Crippen LogP contribution in [-0.4, -0.2) is 12.1 Å². The molecule has 1 heterocycles. The quantitative estimate of drug-likeness (QED) is 0.817. The number of methoxy groups -OCH3 is 1. The summed E-state index contributed by atoms with van der Waals surface area (Å²) in [6, 6.07) is 9.23. The van der Waals surface area contributed by atoms with Crippen LogP contribution in [0.3, 0.4) is 0 Å². The minimum absolute atomic E-state index is 0.509. The minimum atomic E-state index is 0.509. The highest BCUT2D eigenvalue weighted by Gasteiger charge is 2.05. The van der Waals surface area contributed by atoms with E-state index in [1.165, 1.54) is 0 Å². The number of hydrogen-bond acceptors (Lipinski definition) is 5. The van der Waals surface area contributed by atoms with E-state index < -0.39 is 0 Å². The molecule has 0 aliphatic carbocycles. The van der Waals surface area contributed by atoms with Crippen LogP contribution in [0.4, 0.5) is 11.4 Å². The SMILES string of the molecule is COc1ccc(N)cc1CNc1cnccc1C#N. The molecule has 0 fully saturated rings. The summed E-state index contributed by atoms with van der Waals surface area (Å²) in [5, 5.41) is 12.2. The minimum Gasteiger partial charge on any atom is -0.496 e. The molecule has 5 nitrogen and oxygen atoms in total. The predicted octanol–water partition coefficient (Wildman–Crippen LogP) is 2.16. The van der Waals surface area contributed by atoms with E-state index in [0.29, 0.717) is 23.5 Å².